The lowest BCUT2D eigenvalue weighted by Crippen LogP contribution is -2.29. The van der Waals surface area contributed by atoms with Crippen LogP contribution in [-0.4, -0.2) is 78.5 Å². The van der Waals surface area contributed by atoms with Gasteiger partial charge in [-0.05, 0) is 70.8 Å². The highest BCUT2D eigenvalue weighted by atomic mass is 16.5. The Hall–Kier alpha value is -4.68. The number of benzene rings is 4. The third-order valence-electron chi connectivity index (χ3n) is 7.57. The van der Waals surface area contributed by atoms with Gasteiger partial charge in [0.2, 0.25) is 0 Å². The van der Waals surface area contributed by atoms with Crippen molar-refractivity contribution in [1.82, 2.24) is 0 Å². The molecule has 0 aliphatic carbocycles. The van der Waals surface area contributed by atoms with E-state index in [1.807, 2.05) is 0 Å². The minimum atomic E-state index is -1.40. The Morgan fingerprint density at radius 2 is 1.11 bits per heavy atom. The summed E-state index contributed by atoms with van der Waals surface area (Å²) in [6.45, 7) is -1.42. The van der Waals surface area contributed by atoms with E-state index in [4.69, 9.17) is 14.9 Å². The van der Waals surface area contributed by atoms with Gasteiger partial charge in [0.1, 0.15) is 29.1 Å². The molecule has 0 spiro atoms. The summed E-state index contributed by atoms with van der Waals surface area (Å²) in [5.41, 5.74) is 2.59. The number of phenols is 3. The first-order valence-electron chi connectivity index (χ1n) is 14.6. The first kappa shape index (κ1) is 34.2. The van der Waals surface area contributed by atoms with Crippen LogP contribution in [0.1, 0.15) is 45.9 Å². The van der Waals surface area contributed by atoms with Gasteiger partial charge in [-0.2, -0.15) is 0 Å². The van der Waals surface area contributed by atoms with Gasteiger partial charge in [0, 0.05) is 22.6 Å². The van der Waals surface area contributed by atoms with Crippen molar-refractivity contribution in [3.8, 4) is 34.1 Å². The van der Waals surface area contributed by atoms with Crippen molar-refractivity contribution in [2.45, 2.75) is 24.2 Å². The van der Waals surface area contributed by atoms with Crippen LogP contribution in [0.4, 0.5) is 0 Å². The molecule has 0 bridgehead atoms. The number of aliphatic hydroxyl groups is 6. The Morgan fingerprint density at radius 1 is 0.565 bits per heavy atom. The van der Waals surface area contributed by atoms with Crippen LogP contribution in [0.5, 0.6) is 23.0 Å². The van der Waals surface area contributed by atoms with Gasteiger partial charge < -0.3 is 50.7 Å². The van der Waals surface area contributed by atoms with E-state index in [-0.39, 0.29) is 58.3 Å². The fraction of sp³-hybridized carbons (Fsp3) is 0.222. The topological polar surface area (TPSA) is 191 Å². The molecule has 9 N–H and O–H groups in total. The third-order valence-corrected chi connectivity index (χ3v) is 7.57. The van der Waals surface area contributed by atoms with E-state index < -0.39 is 37.4 Å². The van der Waals surface area contributed by atoms with E-state index in [9.17, 15) is 35.7 Å². The Morgan fingerprint density at radius 3 is 1.72 bits per heavy atom. The second kappa shape index (κ2) is 16.1. The van der Waals surface area contributed by atoms with Crippen LogP contribution in [0.15, 0.2) is 91.0 Å². The van der Waals surface area contributed by atoms with Crippen molar-refractivity contribution < 1.29 is 50.7 Å². The average Bonchev–Trinajstić information content (AvgIpc) is 3.07. The van der Waals surface area contributed by atoms with Gasteiger partial charge in [0.15, 0.2) is 6.10 Å². The summed E-state index contributed by atoms with van der Waals surface area (Å²) < 4.78 is 5.82. The standard InChI is InChI=1S/C36H38O10/c37-15-1-3-22-5-10-26(11-6-22)46-34(21-40)36(45)25-9-14-33(43)29(19-25)30(20-39)35(44)24-8-13-32(42)28(18-24)27-17-23(4-2-16-38)7-12-31(27)41/h1-14,17-19,30,34-45H,15-16,20-21H2/b3-1+,4-2+. The first-order valence-corrected chi connectivity index (χ1v) is 14.6. The average molecular weight is 631 g/mol. The van der Waals surface area contributed by atoms with Crippen LogP contribution in [0.2, 0.25) is 0 Å². The highest BCUT2D eigenvalue weighted by Gasteiger charge is 2.29. The lowest BCUT2D eigenvalue weighted by Gasteiger charge is -2.26. The first-order chi connectivity index (χ1) is 22.2. The molecule has 10 nitrogen and oxygen atoms in total. The summed E-state index contributed by atoms with van der Waals surface area (Å²) >= 11 is 0. The summed E-state index contributed by atoms with van der Waals surface area (Å²) in [5, 5.41) is 92.9. The van der Waals surface area contributed by atoms with Crippen LogP contribution < -0.4 is 4.74 Å². The predicted molar refractivity (Wildman–Crippen MR) is 173 cm³/mol. The number of rotatable bonds is 14. The van der Waals surface area contributed by atoms with Gasteiger partial charge in [0.05, 0.1) is 32.5 Å². The van der Waals surface area contributed by atoms with Gasteiger partial charge in [-0.3, -0.25) is 0 Å². The molecule has 0 heterocycles. The monoisotopic (exact) mass is 630 g/mol. The maximum Gasteiger partial charge on any atom is 0.152 e. The molecule has 0 aromatic heterocycles. The summed E-state index contributed by atoms with van der Waals surface area (Å²) in [5.74, 6) is -1.25. The van der Waals surface area contributed by atoms with Crippen molar-refractivity contribution in [3.63, 3.8) is 0 Å². The SMILES string of the molecule is OC/C=C/c1ccc(OC(CO)C(O)c2ccc(O)c(C(CO)C(O)c3ccc(O)c(-c4cc(/C=C/CO)ccc4O)c3)c2)cc1. The van der Waals surface area contributed by atoms with Crippen LogP contribution in [0, 0.1) is 0 Å². The predicted octanol–water partition coefficient (Wildman–Crippen LogP) is 3.76. The zero-order chi connectivity index (χ0) is 33.2. The Balaban J connectivity index is 1.61. The third kappa shape index (κ3) is 8.12. The fourth-order valence-electron chi connectivity index (χ4n) is 5.11. The van der Waals surface area contributed by atoms with E-state index in [1.54, 1.807) is 54.6 Å². The van der Waals surface area contributed by atoms with Crippen molar-refractivity contribution in [1.29, 1.82) is 0 Å². The molecule has 242 valence electrons. The molecule has 4 rings (SSSR count). The molecule has 0 aliphatic rings. The maximum atomic E-state index is 11.4. The number of phenolic OH excluding ortho intramolecular Hbond substituents is 3. The normalized spacial score (nSPS) is 14.4. The van der Waals surface area contributed by atoms with Crippen molar-refractivity contribution >= 4 is 12.2 Å². The van der Waals surface area contributed by atoms with E-state index in [1.165, 1.54) is 48.5 Å². The number of hydrogen-bond donors (Lipinski definition) is 9. The molecule has 4 unspecified atom stereocenters. The zero-order valence-corrected chi connectivity index (χ0v) is 24.9. The molecule has 0 aliphatic heterocycles. The number of hydrogen-bond acceptors (Lipinski definition) is 10. The van der Waals surface area contributed by atoms with Crippen LogP contribution in [-0.2, 0) is 0 Å². The maximum absolute atomic E-state index is 11.4. The van der Waals surface area contributed by atoms with Crippen LogP contribution >= 0.6 is 0 Å². The number of aromatic hydroxyl groups is 3. The minimum Gasteiger partial charge on any atom is -0.508 e. The van der Waals surface area contributed by atoms with Crippen molar-refractivity contribution in [2.75, 3.05) is 26.4 Å². The second-order valence-corrected chi connectivity index (χ2v) is 10.6. The van der Waals surface area contributed by atoms with Gasteiger partial charge in [-0.1, -0.05) is 54.6 Å². The molecule has 0 saturated heterocycles. The zero-order valence-electron chi connectivity index (χ0n) is 24.9. The van der Waals surface area contributed by atoms with E-state index in [0.717, 1.165) is 5.56 Å². The quantitative estimate of drug-likeness (QED) is 0.0991. The smallest absolute Gasteiger partial charge is 0.152 e. The molecule has 4 aromatic carbocycles. The lowest BCUT2D eigenvalue weighted by molar-refractivity contribution is 0.000633. The summed E-state index contributed by atoms with van der Waals surface area (Å²) in [7, 11) is 0. The fourth-order valence-corrected chi connectivity index (χ4v) is 5.11. The van der Waals surface area contributed by atoms with Gasteiger partial charge in [0.25, 0.3) is 0 Å². The molecular weight excluding hydrogens is 592 g/mol. The lowest BCUT2D eigenvalue weighted by atomic mass is 9.86. The molecule has 0 fully saturated rings. The summed E-state index contributed by atoms with van der Waals surface area (Å²) in [6, 6.07) is 19.9. The van der Waals surface area contributed by atoms with Gasteiger partial charge in [-0.15, -0.1) is 0 Å². The molecule has 4 atom stereocenters. The van der Waals surface area contributed by atoms with Crippen molar-refractivity contribution in [3.05, 3.63) is 119 Å². The minimum absolute atomic E-state index is 0.0977. The summed E-state index contributed by atoms with van der Waals surface area (Å²) in [4.78, 5) is 0. The second-order valence-electron chi connectivity index (χ2n) is 10.6. The molecule has 0 radical (unpaired) electrons. The van der Waals surface area contributed by atoms with E-state index in [0.29, 0.717) is 11.3 Å². The molecule has 0 saturated carbocycles. The molecule has 4 aromatic rings. The highest BCUT2D eigenvalue weighted by molar-refractivity contribution is 5.78. The van der Waals surface area contributed by atoms with E-state index >= 15 is 0 Å². The molecule has 10 heteroatoms. The Labute approximate surface area is 266 Å². The Kier molecular flexibility index (Phi) is 11.9. The van der Waals surface area contributed by atoms with Gasteiger partial charge in [-0.25, -0.2) is 0 Å². The largest absolute Gasteiger partial charge is 0.508 e. The number of aliphatic hydroxyl groups excluding tert-OH is 6. The summed E-state index contributed by atoms with van der Waals surface area (Å²) in [6.07, 6.45) is 2.62. The highest BCUT2D eigenvalue weighted by Crippen LogP contribution is 2.42. The Bertz CT molecular complexity index is 1650. The van der Waals surface area contributed by atoms with Crippen molar-refractivity contribution in [2.24, 2.45) is 0 Å². The molecule has 46 heavy (non-hydrogen) atoms. The van der Waals surface area contributed by atoms with Crippen LogP contribution in [0.3, 0.4) is 0 Å². The van der Waals surface area contributed by atoms with E-state index in [2.05, 4.69) is 0 Å². The van der Waals surface area contributed by atoms with Crippen LogP contribution in [0.25, 0.3) is 23.3 Å². The molecular formula is C36H38O10. The van der Waals surface area contributed by atoms with Gasteiger partial charge >= 0.3 is 0 Å². The molecule has 0 amide bonds. The number of ether oxygens (including phenoxy) is 1.